The lowest BCUT2D eigenvalue weighted by Gasteiger charge is -2.12. The average Bonchev–Trinajstić information content (AvgIpc) is 1.64. The molecular formula is C5H11NO2S. The van der Waals surface area contributed by atoms with Gasteiger partial charge in [-0.1, -0.05) is 6.92 Å². The third-order valence-electron chi connectivity index (χ3n) is 1.06. The molecule has 0 aromatic heterocycles. The predicted octanol–water partition coefficient (Wildman–Crippen LogP) is -0.0227. The van der Waals surface area contributed by atoms with Crippen molar-refractivity contribution in [3.8, 4) is 0 Å². The number of aliphatic carboxylic acids is 1. The summed E-state index contributed by atoms with van der Waals surface area (Å²) < 4.78 is 0. The first-order valence-corrected chi connectivity index (χ1v) is 3.19. The summed E-state index contributed by atoms with van der Waals surface area (Å²) in [5, 5.41) is 10.9. The maximum atomic E-state index is 10.3. The Hall–Kier alpha value is -0.220. The summed E-state index contributed by atoms with van der Waals surface area (Å²) in [4.78, 5) is 10.3. The Morgan fingerprint density at radius 1 is 1.78 bits per heavy atom. The van der Waals surface area contributed by atoms with Crippen molar-refractivity contribution in [3.63, 3.8) is 0 Å². The van der Waals surface area contributed by atoms with Crippen LogP contribution >= 0.6 is 12.6 Å². The first kappa shape index (κ1) is 8.78. The predicted molar refractivity (Wildman–Crippen MR) is 38.9 cm³/mol. The molecule has 0 spiro atoms. The van der Waals surface area contributed by atoms with Crippen LogP contribution in [0.1, 0.15) is 6.92 Å². The summed E-state index contributed by atoms with van der Waals surface area (Å²) >= 11 is 3.97. The number of carboxylic acids is 1. The van der Waals surface area contributed by atoms with Gasteiger partial charge in [-0.15, -0.1) is 0 Å². The number of hydrogen-bond acceptors (Lipinski definition) is 3. The van der Waals surface area contributed by atoms with E-state index in [1.165, 1.54) is 0 Å². The molecular weight excluding hydrogens is 138 g/mol. The van der Waals surface area contributed by atoms with Gasteiger partial charge in [-0.3, -0.25) is 4.79 Å². The van der Waals surface area contributed by atoms with E-state index in [0.717, 1.165) is 0 Å². The molecule has 2 N–H and O–H groups in total. The SMILES string of the molecule is CN[C@H](C(=O)O)C(C)S. The van der Waals surface area contributed by atoms with Crippen molar-refractivity contribution in [2.75, 3.05) is 7.05 Å². The Morgan fingerprint density at radius 3 is 2.22 bits per heavy atom. The Labute approximate surface area is 59.9 Å². The topological polar surface area (TPSA) is 49.3 Å². The van der Waals surface area contributed by atoms with Gasteiger partial charge in [0.1, 0.15) is 6.04 Å². The van der Waals surface area contributed by atoms with Gasteiger partial charge < -0.3 is 10.4 Å². The monoisotopic (exact) mass is 149 g/mol. The zero-order valence-corrected chi connectivity index (χ0v) is 6.35. The van der Waals surface area contributed by atoms with Gasteiger partial charge in [-0.25, -0.2) is 0 Å². The van der Waals surface area contributed by atoms with Gasteiger partial charge in [0.15, 0.2) is 0 Å². The third-order valence-corrected chi connectivity index (χ3v) is 1.36. The summed E-state index contributed by atoms with van der Waals surface area (Å²) in [7, 11) is 1.60. The number of thiol groups is 1. The Bertz CT molecular complexity index is 105. The summed E-state index contributed by atoms with van der Waals surface area (Å²) in [6, 6.07) is -0.548. The molecule has 3 nitrogen and oxygen atoms in total. The quantitative estimate of drug-likeness (QED) is 0.494. The van der Waals surface area contributed by atoms with E-state index >= 15 is 0 Å². The van der Waals surface area contributed by atoms with Gasteiger partial charge in [-0.2, -0.15) is 12.6 Å². The van der Waals surface area contributed by atoms with Crippen LogP contribution in [-0.2, 0) is 4.79 Å². The maximum absolute atomic E-state index is 10.3. The number of carbonyl (C=O) groups is 1. The molecule has 0 aliphatic heterocycles. The van der Waals surface area contributed by atoms with E-state index in [0.29, 0.717) is 0 Å². The number of likely N-dealkylation sites (N-methyl/N-ethyl adjacent to an activating group) is 1. The standard InChI is InChI=1S/C5H11NO2S/c1-3(9)4(6-2)5(7)8/h3-4,6,9H,1-2H3,(H,7,8)/t3?,4-/m0/s1. The molecule has 0 aliphatic rings. The lowest BCUT2D eigenvalue weighted by atomic mass is 10.2. The van der Waals surface area contributed by atoms with E-state index in [4.69, 9.17) is 5.11 Å². The Morgan fingerprint density at radius 2 is 2.22 bits per heavy atom. The van der Waals surface area contributed by atoms with Crippen molar-refractivity contribution in [1.29, 1.82) is 0 Å². The summed E-state index contributed by atoms with van der Waals surface area (Å²) in [5.74, 6) is -0.861. The van der Waals surface area contributed by atoms with E-state index < -0.39 is 12.0 Å². The molecule has 2 atom stereocenters. The molecule has 1 unspecified atom stereocenters. The second-order valence-electron chi connectivity index (χ2n) is 1.85. The highest BCUT2D eigenvalue weighted by Gasteiger charge is 2.18. The van der Waals surface area contributed by atoms with Crippen molar-refractivity contribution in [2.24, 2.45) is 0 Å². The number of hydrogen-bond donors (Lipinski definition) is 3. The van der Waals surface area contributed by atoms with Crippen molar-refractivity contribution in [3.05, 3.63) is 0 Å². The molecule has 0 aromatic rings. The highest BCUT2D eigenvalue weighted by atomic mass is 32.1. The molecule has 0 bridgehead atoms. The van der Waals surface area contributed by atoms with E-state index in [2.05, 4.69) is 17.9 Å². The minimum absolute atomic E-state index is 0.160. The molecule has 0 fully saturated rings. The van der Waals surface area contributed by atoms with E-state index in [9.17, 15) is 4.79 Å². The fourth-order valence-corrected chi connectivity index (χ4v) is 0.848. The number of carboxylic acid groups (broad SMARTS) is 1. The van der Waals surface area contributed by atoms with E-state index in [-0.39, 0.29) is 5.25 Å². The molecule has 0 rings (SSSR count). The molecule has 0 saturated carbocycles. The van der Waals surface area contributed by atoms with Crippen LogP contribution < -0.4 is 5.32 Å². The highest BCUT2D eigenvalue weighted by Crippen LogP contribution is 1.99. The molecule has 0 aliphatic carbocycles. The number of nitrogens with one attached hydrogen (secondary N) is 1. The van der Waals surface area contributed by atoms with Crippen LogP contribution in [-0.4, -0.2) is 29.4 Å². The average molecular weight is 149 g/mol. The van der Waals surface area contributed by atoms with Gasteiger partial charge in [-0.05, 0) is 7.05 Å². The van der Waals surface area contributed by atoms with Crippen molar-refractivity contribution in [2.45, 2.75) is 18.2 Å². The normalized spacial score (nSPS) is 16.8. The van der Waals surface area contributed by atoms with Gasteiger partial charge in [0.05, 0.1) is 0 Å². The largest absolute Gasteiger partial charge is 0.480 e. The molecule has 54 valence electrons. The number of rotatable bonds is 3. The van der Waals surface area contributed by atoms with Crippen LogP contribution in [0.5, 0.6) is 0 Å². The minimum Gasteiger partial charge on any atom is -0.480 e. The molecule has 0 aromatic carbocycles. The first-order chi connectivity index (χ1) is 4.09. The summed E-state index contributed by atoms with van der Waals surface area (Å²) in [6.07, 6.45) is 0. The molecule has 0 heterocycles. The van der Waals surface area contributed by atoms with Gasteiger partial charge in [0, 0.05) is 5.25 Å². The maximum Gasteiger partial charge on any atom is 0.321 e. The second-order valence-corrected chi connectivity index (χ2v) is 2.66. The Balaban J connectivity index is 3.83. The van der Waals surface area contributed by atoms with E-state index in [1.807, 2.05) is 0 Å². The van der Waals surface area contributed by atoms with Crippen LogP contribution in [0.4, 0.5) is 0 Å². The van der Waals surface area contributed by atoms with Crippen molar-refractivity contribution in [1.82, 2.24) is 5.32 Å². The molecule has 9 heavy (non-hydrogen) atoms. The fourth-order valence-electron chi connectivity index (χ4n) is 0.571. The van der Waals surface area contributed by atoms with Gasteiger partial charge in [0.2, 0.25) is 0 Å². The molecule has 0 amide bonds. The first-order valence-electron chi connectivity index (χ1n) is 2.67. The van der Waals surface area contributed by atoms with Crippen molar-refractivity contribution < 1.29 is 9.90 Å². The lowest BCUT2D eigenvalue weighted by Crippen LogP contribution is -2.40. The van der Waals surface area contributed by atoms with E-state index in [1.54, 1.807) is 14.0 Å². The zero-order valence-electron chi connectivity index (χ0n) is 5.46. The lowest BCUT2D eigenvalue weighted by molar-refractivity contribution is -0.139. The van der Waals surface area contributed by atoms with Crippen LogP contribution in [0.15, 0.2) is 0 Å². The highest BCUT2D eigenvalue weighted by molar-refractivity contribution is 7.81. The fraction of sp³-hybridized carbons (Fsp3) is 0.800. The molecule has 4 heteroatoms. The van der Waals surface area contributed by atoms with Crippen LogP contribution in [0.2, 0.25) is 0 Å². The van der Waals surface area contributed by atoms with Crippen LogP contribution in [0.25, 0.3) is 0 Å². The molecule has 0 saturated heterocycles. The third kappa shape index (κ3) is 2.72. The smallest absolute Gasteiger partial charge is 0.321 e. The van der Waals surface area contributed by atoms with Gasteiger partial charge in [0.25, 0.3) is 0 Å². The van der Waals surface area contributed by atoms with Crippen LogP contribution in [0.3, 0.4) is 0 Å². The second kappa shape index (κ2) is 3.74. The summed E-state index contributed by atoms with van der Waals surface area (Å²) in [5.41, 5.74) is 0. The minimum atomic E-state index is -0.861. The Kier molecular flexibility index (Phi) is 3.65. The molecule has 0 radical (unpaired) electrons. The van der Waals surface area contributed by atoms with Crippen LogP contribution in [0, 0.1) is 0 Å². The van der Waals surface area contributed by atoms with Gasteiger partial charge >= 0.3 is 5.97 Å². The zero-order chi connectivity index (χ0) is 7.44. The summed E-state index contributed by atoms with van der Waals surface area (Å²) in [6.45, 7) is 1.73. The van der Waals surface area contributed by atoms with Crippen molar-refractivity contribution >= 4 is 18.6 Å².